The van der Waals surface area contributed by atoms with Crippen LogP contribution in [0, 0.1) is 0 Å². The number of anilines is 1. The molecule has 1 amide bonds. The smallest absolute Gasteiger partial charge is 0.267 e. The highest BCUT2D eigenvalue weighted by molar-refractivity contribution is 8.26. The van der Waals surface area contributed by atoms with Crippen LogP contribution < -0.4 is 20.3 Å². The van der Waals surface area contributed by atoms with Crippen LogP contribution in [0.5, 0.6) is 11.5 Å². The number of benzene rings is 1. The van der Waals surface area contributed by atoms with Crippen molar-refractivity contribution >= 4 is 51.7 Å². The Morgan fingerprint density at radius 2 is 1.91 bits per heavy atom. The normalized spacial score (nSPS) is 14.9. The Bertz CT molecular complexity index is 1380. The second kappa shape index (κ2) is 10.5. The van der Waals surface area contributed by atoms with Gasteiger partial charge in [-0.25, -0.2) is 4.98 Å². The Morgan fingerprint density at radius 1 is 1.14 bits per heavy atom. The first kappa shape index (κ1) is 24.7. The SMILES string of the molecule is COc1ccc(CCN2C(=O)/C(=C/c3c(NC(C)C)nc4ccccn4c3=O)SC2=S)cc1OC. The number of carbonyl (C=O) groups is 1. The molecule has 0 saturated carbocycles. The van der Waals surface area contributed by atoms with Crippen LogP contribution in [-0.2, 0) is 11.2 Å². The molecular formula is C25H26N4O4S2. The van der Waals surface area contributed by atoms with Crippen LogP contribution in [-0.4, -0.2) is 51.3 Å². The molecule has 2 aromatic heterocycles. The molecule has 10 heteroatoms. The lowest BCUT2D eigenvalue weighted by Crippen LogP contribution is -2.30. The third kappa shape index (κ3) is 5.18. The van der Waals surface area contributed by atoms with Crippen molar-refractivity contribution in [1.29, 1.82) is 0 Å². The largest absolute Gasteiger partial charge is 0.493 e. The minimum atomic E-state index is -0.255. The van der Waals surface area contributed by atoms with Crippen molar-refractivity contribution in [3.63, 3.8) is 0 Å². The average molecular weight is 511 g/mol. The second-order valence-electron chi connectivity index (χ2n) is 8.18. The summed E-state index contributed by atoms with van der Waals surface area (Å²) in [6.07, 6.45) is 3.84. The Kier molecular flexibility index (Phi) is 7.42. The van der Waals surface area contributed by atoms with Gasteiger partial charge in [-0.15, -0.1) is 0 Å². The Morgan fingerprint density at radius 3 is 2.63 bits per heavy atom. The molecule has 1 aliphatic rings. The highest BCUT2D eigenvalue weighted by Crippen LogP contribution is 2.34. The van der Waals surface area contributed by atoms with Crippen molar-refractivity contribution in [2.45, 2.75) is 26.3 Å². The second-order valence-corrected chi connectivity index (χ2v) is 9.86. The molecule has 0 radical (unpaired) electrons. The molecule has 35 heavy (non-hydrogen) atoms. The average Bonchev–Trinajstić information content (AvgIpc) is 3.11. The lowest BCUT2D eigenvalue weighted by Gasteiger charge is -2.15. The summed E-state index contributed by atoms with van der Waals surface area (Å²) < 4.78 is 12.6. The number of aromatic nitrogens is 2. The zero-order valence-corrected chi connectivity index (χ0v) is 21.5. The van der Waals surface area contributed by atoms with Crippen molar-refractivity contribution in [3.05, 3.63) is 69.0 Å². The Labute approximate surface area is 212 Å². The number of pyridine rings is 1. The number of hydrogen-bond acceptors (Lipinski definition) is 8. The molecule has 182 valence electrons. The summed E-state index contributed by atoms with van der Waals surface area (Å²) in [6, 6.07) is 11.1. The summed E-state index contributed by atoms with van der Waals surface area (Å²) in [6.45, 7) is 4.33. The van der Waals surface area contributed by atoms with Gasteiger partial charge >= 0.3 is 0 Å². The number of fused-ring (bicyclic) bond motifs is 1. The molecular weight excluding hydrogens is 484 g/mol. The van der Waals surface area contributed by atoms with Gasteiger partial charge in [0.25, 0.3) is 11.5 Å². The molecule has 1 fully saturated rings. The minimum Gasteiger partial charge on any atom is -0.493 e. The number of ether oxygens (including phenoxy) is 2. The van der Waals surface area contributed by atoms with Gasteiger partial charge in [-0.1, -0.05) is 36.1 Å². The number of thioether (sulfide) groups is 1. The maximum atomic E-state index is 13.3. The standard InChI is InChI=1S/C25H26N4O4S2/c1-15(2)26-22-17(23(30)28-11-6-5-7-21(28)27-22)14-20-24(31)29(25(34)35-20)12-10-16-8-9-18(32-3)19(13-16)33-4/h5-9,11,13-15,26H,10,12H2,1-4H3/b20-14-. The summed E-state index contributed by atoms with van der Waals surface area (Å²) in [5, 5.41) is 3.23. The lowest BCUT2D eigenvalue weighted by atomic mass is 10.1. The number of nitrogens with zero attached hydrogens (tertiary/aromatic N) is 3. The third-order valence-electron chi connectivity index (χ3n) is 5.42. The predicted octanol–water partition coefficient (Wildman–Crippen LogP) is 3.98. The van der Waals surface area contributed by atoms with E-state index in [0.717, 1.165) is 5.56 Å². The summed E-state index contributed by atoms with van der Waals surface area (Å²) in [4.78, 5) is 33.0. The molecule has 4 rings (SSSR count). The number of hydrogen-bond donors (Lipinski definition) is 1. The zero-order chi connectivity index (χ0) is 25.1. The van der Waals surface area contributed by atoms with Crippen LogP contribution in [0.3, 0.4) is 0 Å². The predicted molar refractivity (Wildman–Crippen MR) is 143 cm³/mol. The fourth-order valence-electron chi connectivity index (χ4n) is 3.72. The van der Waals surface area contributed by atoms with Crippen molar-refractivity contribution in [2.24, 2.45) is 0 Å². The fourth-order valence-corrected chi connectivity index (χ4v) is 5.01. The van der Waals surface area contributed by atoms with Gasteiger partial charge in [-0.3, -0.25) is 18.9 Å². The number of thiocarbonyl (C=S) groups is 1. The molecule has 1 aromatic carbocycles. The third-order valence-corrected chi connectivity index (χ3v) is 6.79. The zero-order valence-electron chi connectivity index (χ0n) is 19.9. The van der Waals surface area contributed by atoms with Gasteiger partial charge in [0.2, 0.25) is 0 Å². The summed E-state index contributed by atoms with van der Waals surface area (Å²) in [7, 11) is 3.17. The molecule has 1 N–H and O–H groups in total. The maximum absolute atomic E-state index is 13.3. The molecule has 0 bridgehead atoms. The number of methoxy groups -OCH3 is 2. The van der Waals surface area contributed by atoms with E-state index in [-0.39, 0.29) is 17.5 Å². The van der Waals surface area contributed by atoms with Gasteiger partial charge in [0, 0.05) is 18.8 Å². The van der Waals surface area contributed by atoms with E-state index in [2.05, 4.69) is 10.3 Å². The quantitative estimate of drug-likeness (QED) is 0.360. The Hall–Kier alpha value is -3.37. The van der Waals surface area contributed by atoms with E-state index in [1.165, 1.54) is 16.2 Å². The first-order chi connectivity index (χ1) is 16.8. The van der Waals surface area contributed by atoms with E-state index in [0.29, 0.717) is 50.7 Å². The van der Waals surface area contributed by atoms with E-state index in [4.69, 9.17) is 21.7 Å². The van der Waals surface area contributed by atoms with Gasteiger partial charge in [-0.2, -0.15) is 0 Å². The lowest BCUT2D eigenvalue weighted by molar-refractivity contribution is -0.122. The van der Waals surface area contributed by atoms with Gasteiger partial charge in [0.05, 0.1) is 24.7 Å². The van der Waals surface area contributed by atoms with Crippen molar-refractivity contribution in [3.8, 4) is 11.5 Å². The van der Waals surface area contributed by atoms with Crippen LogP contribution in [0.25, 0.3) is 11.7 Å². The van der Waals surface area contributed by atoms with Gasteiger partial charge < -0.3 is 14.8 Å². The van der Waals surface area contributed by atoms with Gasteiger partial charge in [0.1, 0.15) is 15.8 Å². The Balaban J connectivity index is 1.61. The monoisotopic (exact) mass is 510 g/mol. The van der Waals surface area contributed by atoms with E-state index in [9.17, 15) is 9.59 Å². The molecule has 0 atom stereocenters. The molecule has 0 unspecified atom stereocenters. The van der Waals surface area contributed by atoms with Crippen molar-refractivity contribution in [1.82, 2.24) is 14.3 Å². The molecule has 3 aromatic rings. The minimum absolute atomic E-state index is 0.0520. The summed E-state index contributed by atoms with van der Waals surface area (Å²) in [5.41, 5.74) is 1.58. The van der Waals surface area contributed by atoms with Crippen LogP contribution in [0.4, 0.5) is 5.82 Å². The molecule has 0 aliphatic carbocycles. The van der Waals surface area contributed by atoms with E-state index >= 15 is 0 Å². The maximum Gasteiger partial charge on any atom is 0.267 e. The fraction of sp³-hybridized carbons (Fsp3) is 0.280. The number of carbonyl (C=O) groups excluding carboxylic acids is 1. The topological polar surface area (TPSA) is 85.2 Å². The van der Waals surface area contributed by atoms with Crippen LogP contribution in [0.2, 0.25) is 0 Å². The van der Waals surface area contributed by atoms with Crippen LogP contribution >= 0.6 is 24.0 Å². The molecule has 3 heterocycles. The highest BCUT2D eigenvalue weighted by atomic mass is 32.2. The number of rotatable bonds is 8. The van der Waals surface area contributed by atoms with E-state index in [1.807, 2.05) is 38.1 Å². The van der Waals surface area contributed by atoms with E-state index < -0.39 is 0 Å². The molecule has 1 aliphatic heterocycles. The van der Waals surface area contributed by atoms with Crippen LogP contribution in [0.15, 0.2) is 52.3 Å². The van der Waals surface area contributed by atoms with Crippen molar-refractivity contribution in [2.75, 3.05) is 26.1 Å². The molecule has 0 spiro atoms. The molecule has 1 saturated heterocycles. The number of amides is 1. The number of nitrogens with one attached hydrogen (secondary N) is 1. The summed E-state index contributed by atoms with van der Waals surface area (Å²) >= 11 is 6.68. The van der Waals surface area contributed by atoms with Gasteiger partial charge in [-0.05, 0) is 56.2 Å². The first-order valence-corrected chi connectivity index (χ1v) is 12.3. The van der Waals surface area contributed by atoms with Gasteiger partial charge in [0.15, 0.2) is 11.5 Å². The highest BCUT2D eigenvalue weighted by Gasteiger charge is 2.32. The van der Waals surface area contributed by atoms with Crippen LogP contribution in [0.1, 0.15) is 25.0 Å². The van der Waals surface area contributed by atoms with E-state index in [1.54, 1.807) is 43.5 Å². The molecule has 8 nitrogen and oxygen atoms in total. The first-order valence-electron chi connectivity index (χ1n) is 11.1. The van der Waals surface area contributed by atoms with Crippen molar-refractivity contribution < 1.29 is 14.3 Å². The summed E-state index contributed by atoms with van der Waals surface area (Å²) in [5.74, 6) is 1.48.